The molecule has 0 N–H and O–H groups in total. The molecule has 0 saturated heterocycles. The fraction of sp³-hybridized carbons (Fsp3) is 0.440. The summed E-state index contributed by atoms with van der Waals surface area (Å²) in [6.45, 7) is 2.30. The smallest absolute Gasteiger partial charge is 0.0249 e. The van der Waals surface area contributed by atoms with E-state index in [9.17, 15) is 0 Å². The van der Waals surface area contributed by atoms with Gasteiger partial charge in [0, 0.05) is 11.1 Å². The molecule has 1 aliphatic carbocycles. The van der Waals surface area contributed by atoms with Crippen LogP contribution in [0.1, 0.15) is 80.9 Å². The van der Waals surface area contributed by atoms with Gasteiger partial charge in [-0.15, -0.1) is 0 Å². The van der Waals surface area contributed by atoms with Gasteiger partial charge < -0.3 is 0 Å². The average Bonchev–Trinajstić information content (AvgIpc) is 2.68. The first-order chi connectivity index (χ1) is 12.3. The lowest BCUT2D eigenvalue weighted by molar-refractivity contribution is 0.303. The van der Waals surface area contributed by atoms with Crippen LogP contribution in [0.15, 0.2) is 54.6 Å². The Labute approximate surface area is 153 Å². The lowest BCUT2D eigenvalue weighted by Gasteiger charge is -2.29. The summed E-state index contributed by atoms with van der Waals surface area (Å²) in [7, 11) is 0. The molecule has 25 heavy (non-hydrogen) atoms. The van der Waals surface area contributed by atoms with E-state index in [0.717, 1.165) is 23.0 Å². The van der Waals surface area contributed by atoms with Crippen LogP contribution in [0.4, 0.5) is 0 Å². The summed E-state index contributed by atoms with van der Waals surface area (Å²) in [4.78, 5) is 0. The van der Waals surface area contributed by atoms with Crippen molar-refractivity contribution < 1.29 is 0 Å². The van der Waals surface area contributed by atoms with Crippen LogP contribution in [-0.4, -0.2) is 0 Å². The van der Waals surface area contributed by atoms with Crippen LogP contribution < -0.4 is 0 Å². The van der Waals surface area contributed by atoms with Gasteiger partial charge in [-0.2, -0.15) is 0 Å². The average molecular weight is 331 g/mol. The molecular weight excluding hydrogens is 300 g/mol. The van der Waals surface area contributed by atoms with Gasteiger partial charge in [-0.1, -0.05) is 74.8 Å². The zero-order valence-electron chi connectivity index (χ0n) is 15.5. The molecule has 0 nitrogen and oxygen atoms in total. The van der Waals surface area contributed by atoms with Crippen molar-refractivity contribution in [3.63, 3.8) is 0 Å². The first kappa shape index (κ1) is 17.8. The van der Waals surface area contributed by atoms with Gasteiger partial charge in [0.15, 0.2) is 0 Å². The predicted octanol–water partition coefficient (Wildman–Crippen LogP) is 6.94. The van der Waals surface area contributed by atoms with Gasteiger partial charge in [0.1, 0.15) is 0 Å². The number of unbranched alkanes of at least 4 members (excludes halogenated alkanes) is 2. The second kappa shape index (κ2) is 9.47. The van der Waals surface area contributed by atoms with Gasteiger partial charge in [-0.05, 0) is 67.3 Å². The molecule has 0 amide bonds. The maximum Gasteiger partial charge on any atom is 0.0249 e. The fourth-order valence-corrected chi connectivity index (χ4v) is 3.97. The van der Waals surface area contributed by atoms with Gasteiger partial charge in [0.05, 0.1) is 0 Å². The van der Waals surface area contributed by atoms with Gasteiger partial charge >= 0.3 is 0 Å². The number of benzene rings is 2. The molecular formula is C25H30. The molecule has 1 fully saturated rings. The van der Waals surface area contributed by atoms with Crippen molar-refractivity contribution in [3.8, 4) is 11.8 Å². The first-order valence-corrected chi connectivity index (χ1v) is 10.0. The molecule has 0 unspecified atom stereocenters. The molecule has 1 saturated carbocycles. The summed E-state index contributed by atoms with van der Waals surface area (Å²) in [6.07, 6.45) is 11.2. The number of hydrogen-bond donors (Lipinski definition) is 0. The third kappa shape index (κ3) is 5.50. The maximum atomic E-state index is 3.28. The van der Waals surface area contributed by atoms with Crippen LogP contribution in [0.25, 0.3) is 0 Å². The van der Waals surface area contributed by atoms with Crippen molar-refractivity contribution >= 4 is 0 Å². The highest BCUT2D eigenvalue weighted by Crippen LogP contribution is 2.37. The van der Waals surface area contributed by atoms with Crippen molar-refractivity contribution in [2.75, 3.05) is 0 Å². The van der Waals surface area contributed by atoms with E-state index < -0.39 is 0 Å². The summed E-state index contributed by atoms with van der Waals surface area (Å²) >= 11 is 0. The highest BCUT2D eigenvalue weighted by atomic mass is 14.3. The van der Waals surface area contributed by atoms with Crippen LogP contribution in [0, 0.1) is 17.8 Å². The largest absolute Gasteiger partial charge is 0.0654 e. The Kier molecular flexibility index (Phi) is 6.75. The molecule has 0 heteroatoms. The minimum atomic E-state index is 0.763. The Morgan fingerprint density at radius 2 is 1.40 bits per heavy atom. The highest BCUT2D eigenvalue weighted by molar-refractivity contribution is 5.43. The molecule has 0 spiro atoms. The van der Waals surface area contributed by atoms with E-state index in [-0.39, 0.29) is 0 Å². The highest BCUT2D eigenvalue weighted by Gasteiger charge is 2.21. The van der Waals surface area contributed by atoms with Gasteiger partial charge in [0.2, 0.25) is 0 Å². The summed E-state index contributed by atoms with van der Waals surface area (Å²) in [5.74, 6) is 8.26. The quantitative estimate of drug-likeness (QED) is 0.411. The van der Waals surface area contributed by atoms with E-state index in [1.165, 1.54) is 56.9 Å². The SMILES string of the molecule is CCCCCC1CCC(c2ccc(C#Cc3ccccc3)cc2)CC1. The first-order valence-electron chi connectivity index (χ1n) is 10.0. The lowest BCUT2D eigenvalue weighted by Crippen LogP contribution is -2.13. The van der Waals surface area contributed by atoms with E-state index in [2.05, 4.69) is 55.2 Å². The molecule has 2 aromatic rings. The Morgan fingerprint density at radius 1 is 0.760 bits per heavy atom. The molecule has 0 atom stereocenters. The zero-order valence-corrected chi connectivity index (χ0v) is 15.5. The Morgan fingerprint density at radius 3 is 2.04 bits per heavy atom. The van der Waals surface area contributed by atoms with E-state index in [1.807, 2.05) is 18.2 Å². The van der Waals surface area contributed by atoms with E-state index in [0.29, 0.717) is 0 Å². The molecule has 0 heterocycles. The second-order valence-corrected chi connectivity index (χ2v) is 7.45. The van der Waals surface area contributed by atoms with Crippen molar-refractivity contribution in [2.45, 2.75) is 64.2 Å². The van der Waals surface area contributed by atoms with Crippen molar-refractivity contribution in [2.24, 2.45) is 5.92 Å². The molecule has 0 radical (unpaired) electrons. The van der Waals surface area contributed by atoms with Gasteiger partial charge in [0.25, 0.3) is 0 Å². The van der Waals surface area contributed by atoms with Crippen molar-refractivity contribution in [1.29, 1.82) is 0 Å². The summed E-state index contributed by atoms with van der Waals surface area (Å²) < 4.78 is 0. The molecule has 3 rings (SSSR count). The lowest BCUT2D eigenvalue weighted by atomic mass is 9.77. The Hall–Kier alpha value is -2.00. The summed E-state index contributed by atoms with van der Waals surface area (Å²) in [5.41, 5.74) is 3.70. The normalized spacial score (nSPS) is 19.9. The van der Waals surface area contributed by atoms with E-state index >= 15 is 0 Å². The molecule has 0 aliphatic heterocycles. The fourth-order valence-electron chi connectivity index (χ4n) is 3.97. The maximum absolute atomic E-state index is 3.28. The van der Waals surface area contributed by atoms with Crippen LogP contribution in [-0.2, 0) is 0 Å². The number of rotatable bonds is 5. The molecule has 1 aliphatic rings. The monoisotopic (exact) mass is 330 g/mol. The van der Waals surface area contributed by atoms with Crippen molar-refractivity contribution in [3.05, 3.63) is 71.3 Å². The van der Waals surface area contributed by atoms with Crippen LogP contribution in [0.5, 0.6) is 0 Å². The third-order valence-electron chi connectivity index (χ3n) is 5.57. The number of hydrogen-bond acceptors (Lipinski definition) is 0. The van der Waals surface area contributed by atoms with Crippen LogP contribution in [0.2, 0.25) is 0 Å². The van der Waals surface area contributed by atoms with Crippen LogP contribution in [0.3, 0.4) is 0 Å². The Bertz CT molecular complexity index is 676. The van der Waals surface area contributed by atoms with Gasteiger partial charge in [-0.3, -0.25) is 0 Å². The topological polar surface area (TPSA) is 0 Å². The van der Waals surface area contributed by atoms with Gasteiger partial charge in [-0.25, -0.2) is 0 Å². The summed E-state index contributed by atoms with van der Waals surface area (Å²) in [6, 6.07) is 19.2. The molecule has 2 aromatic carbocycles. The second-order valence-electron chi connectivity index (χ2n) is 7.45. The van der Waals surface area contributed by atoms with Crippen molar-refractivity contribution in [1.82, 2.24) is 0 Å². The standard InChI is InChI=1S/C25H30/c1-2-3-5-8-22-13-17-24(18-14-22)25-19-15-23(16-20-25)12-11-21-9-6-4-7-10-21/h4,6-7,9-10,15-16,19-20,22,24H,2-3,5,8,13-14,17-18H2,1H3. The zero-order chi connectivity index (χ0) is 17.3. The summed E-state index contributed by atoms with van der Waals surface area (Å²) in [5, 5.41) is 0. The minimum absolute atomic E-state index is 0.763. The Balaban J connectivity index is 1.52. The minimum Gasteiger partial charge on any atom is -0.0654 e. The molecule has 130 valence electrons. The van der Waals surface area contributed by atoms with Crippen LogP contribution >= 0.6 is 0 Å². The predicted molar refractivity (Wildman–Crippen MR) is 108 cm³/mol. The third-order valence-corrected chi connectivity index (χ3v) is 5.57. The van der Waals surface area contributed by atoms with E-state index in [1.54, 1.807) is 0 Å². The van der Waals surface area contributed by atoms with E-state index in [4.69, 9.17) is 0 Å². The molecule has 0 bridgehead atoms. The molecule has 0 aromatic heterocycles.